The number of halogens is 5. The van der Waals surface area contributed by atoms with Crippen molar-refractivity contribution < 1.29 is 24.2 Å². The first kappa shape index (κ1) is 22.0. The summed E-state index contributed by atoms with van der Waals surface area (Å²) in [5.41, 5.74) is 5.95. The predicted octanol–water partition coefficient (Wildman–Crippen LogP) is 5.06. The van der Waals surface area contributed by atoms with Gasteiger partial charge < -0.3 is 16.0 Å². The first-order valence-corrected chi connectivity index (χ1v) is 10.7. The fourth-order valence-electron chi connectivity index (χ4n) is 2.81. The Kier molecular flexibility index (Phi) is 4.50. The van der Waals surface area contributed by atoms with Crippen molar-refractivity contribution in [2.24, 2.45) is 5.73 Å². The zero-order chi connectivity index (χ0) is 22.6. The largest absolute Gasteiger partial charge is 0.353 e. The molecule has 0 fully saturated rings. The van der Waals surface area contributed by atoms with Gasteiger partial charge in [0.1, 0.15) is 16.3 Å². The summed E-state index contributed by atoms with van der Waals surface area (Å²) in [5.74, 6) is -0.528. The van der Waals surface area contributed by atoms with Gasteiger partial charge in [0.25, 0.3) is 5.91 Å². The minimum absolute atomic E-state index is 0.0255. The molecule has 0 aliphatic heterocycles. The van der Waals surface area contributed by atoms with Gasteiger partial charge in [0.15, 0.2) is 0 Å². The lowest BCUT2D eigenvalue weighted by Crippen LogP contribution is -2.45. The molecule has 2 aromatic heterocycles. The molecule has 1 amide bonds. The van der Waals surface area contributed by atoms with Crippen LogP contribution in [0.2, 0.25) is 0 Å². The van der Waals surface area contributed by atoms with Crippen LogP contribution in [-0.4, -0.2) is 32.9 Å². The molecule has 0 bridgehead atoms. The number of benzene rings is 1. The molecule has 0 unspecified atom stereocenters. The lowest BCUT2D eigenvalue weighted by atomic mass is 10.1. The maximum absolute atomic E-state index is 13.1. The number of carbonyl (C=O) groups excluding carboxylic acids is 1. The van der Waals surface area contributed by atoms with Crippen LogP contribution in [0.15, 0.2) is 35.5 Å². The number of aryl methyl sites for hydroxylation is 1. The second-order valence-electron chi connectivity index (χ2n) is 7.76. The molecule has 0 radical (unpaired) electrons. The first-order valence-electron chi connectivity index (χ1n) is 8.70. The normalized spacial score (nSPS) is 15.0. The molecule has 0 saturated heterocycles. The summed E-state index contributed by atoms with van der Waals surface area (Å²) in [6.45, 7) is 5.23. The third kappa shape index (κ3) is 4.70. The van der Waals surface area contributed by atoms with E-state index in [0.29, 0.717) is 23.1 Å². The zero-order valence-corrected chi connectivity index (χ0v) is 17.1. The molecule has 4 N–H and O–H groups in total. The summed E-state index contributed by atoms with van der Waals surface area (Å²) in [7, 11) is -9.81. The zero-order valence-electron chi connectivity index (χ0n) is 16.3. The highest BCUT2D eigenvalue weighted by Crippen LogP contribution is 3.02. The van der Waals surface area contributed by atoms with E-state index < -0.39 is 26.6 Å². The number of carbonyl (C=O) groups is 1. The highest BCUT2D eigenvalue weighted by Gasteiger charge is 2.65. The number of nitrogens with zero attached hydrogens (tertiary/aromatic N) is 2. The van der Waals surface area contributed by atoms with E-state index in [2.05, 4.69) is 20.3 Å². The average molecular weight is 449 g/mol. The van der Waals surface area contributed by atoms with Crippen molar-refractivity contribution >= 4 is 27.0 Å². The fraction of sp³-hybridized carbons (Fsp3) is 0.278. The Balaban J connectivity index is 2.02. The summed E-state index contributed by atoms with van der Waals surface area (Å²) in [6.07, 6.45) is 2.54. The van der Waals surface area contributed by atoms with Crippen LogP contribution in [0.25, 0.3) is 22.3 Å². The molecule has 12 heteroatoms. The molecule has 0 aliphatic rings. The molecular formula is C18H20F5N5OS. The van der Waals surface area contributed by atoms with Crippen molar-refractivity contribution in [1.29, 1.82) is 0 Å². The van der Waals surface area contributed by atoms with Gasteiger partial charge in [0.05, 0.1) is 18.1 Å². The second kappa shape index (κ2) is 6.14. The number of hydrogen-bond acceptors (Lipinski definition) is 4. The van der Waals surface area contributed by atoms with Gasteiger partial charge in [-0.25, -0.2) is 4.98 Å². The van der Waals surface area contributed by atoms with E-state index >= 15 is 0 Å². The van der Waals surface area contributed by atoms with Gasteiger partial charge in [-0.3, -0.25) is 9.78 Å². The Hall–Kier alpha value is -2.73. The number of fused-ring (bicyclic) bond motifs is 1. The number of aromatic amines is 1. The highest BCUT2D eigenvalue weighted by molar-refractivity contribution is 8.45. The average Bonchev–Trinajstić information content (AvgIpc) is 2.94. The minimum atomic E-state index is -9.81. The number of aromatic nitrogens is 3. The number of rotatable bonds is 5. The molecule has 0 atom stereocenters. The van der Waals surface area contributed by atoms with E-state index in [0.717, 1.165) is 6.07 Å². The minimum Gasteiger partial charge on any atom is -0.353 e. The third-order valence-corrected chi connectivity index (χ3v) is 5.45. The SMILES string of the molecule is Cc1c(-c2cncc(C(=O)NCC(C)(C)N)n2)[nH]c2cc(S(F)(F)(F)(F)F)ccc12. The number of amides is 1. The number of H-pyrrole nitrogens is 1. The van der Waals surface area contributed by atoms with Crippen molar-refractivity contribution in [3.63, 3.8) is 0 Å². The van der Waals surface area contributed by atoms with Crippen LogP contribution in [-0.2, 0) is 0 Å². The van der Waals surface area contributed by atoms with E-state index in [9.17, 15) is 24.2 Å². The molecule has 3 aromatic rings. The molecule has 30 heavy (non-hydrogen) atoms. The maximum atomic E-state index is 13.1. The fourth-order valence-corrected chi connectivity index (χ4v) is 3.47. The van der Waals surface area contributed by atoms with Crippen LogP contribution in [0.1, 0.15) is 29.9 Å². The van der Waals surface area contributed by atoms with Crippen LogP contribution in [0, 0.1) is 6.92 Å². The Morgan fingerprint density at radius 1 is 1.20 bits per heavy atom. The predicted molar refractivity (Wildman–Crippen MR) is 106 cm³/mol. The lowest BCUT2D eigenvalue weighted by molar-refractivity contribution is 0.0940. The molecule has 6 nitrogen and oxygen atoms in total. The number of nitrogens with two attached hydrogens (primary N) is 1. The number of hydrogen-bond donors (Lipinski definition) is 3. The molecular weight excluding hydrogens is 429 g/mol. The van der Waals surface area contributed by atoms with Gasteiger partial charge in [0, 0.05) is 23.0 Å². The van der Waals surface area contributed by atoms with Crippen LogP contribution >= 0.6 is 10.2 Å². The summed E-state index contributed by atoms with van der Waals surface area (Å²) >= 11 is 0. The molecule has 3 rings (SSSR count). The Bertz CT molecular complexity index is 1150. The summed E-state index contributed by atoms with van der Waals surface area (Å²) in [4.78, 5) is 21.1. The van der Waals surface area contributed by atoms with Crippen molar-refractivity contribution in [3.8, 4) is 11.4 Å². The third-order valence-electron chi connectivity index (χ3n) is 4.30. The van der Waals surface area contributed by atoms with Crippen molar-refractivity contribution in [3.05, 3.63) is 41.9 Å². The van der Waals surface area contributed by atoms with Crippen LogP contribution in [0.4, 0.5) is 19.4 Å². The quantitative estimate of drug-likeness (QED) is 0.475. The number of nitrogens with one attached hydrogen (secondary N) is 2. The van der Waals surface area contributed by atoms with E-state index in [1.165, 1.54) is 12.4 Å². The monoisotopic (exact) mass is 449 g/mol. The van der Waals surface area contributed by atoms with Crippen LogP contribution in [0.5, 0.6) is 0 Å². The molecule has 2 heterocycles. The highest BCUT2D eigenvalue weighted by atomic mass is 32.5. The van der Waals surface area contributed by atoms with Gasteiger partial charge in [-0.2, -0.15) is 0 Å². The summed E-state index contributed by atoms with van der Waals surface area (Å²) < 4.78 is 65.6. The summed E-state index contributed by atoms with van der Waals surface area (Å²) in [6, 6.07) is 1.71. The van der Waals surface area contributed by atoms with E-state index in [4.69, 9.17) is 5.73 Å². The molecule has 0 saturated carbocycles. The van der Waals surface area contributed by atoms with Gasteiger partial charge in [0.2, 0.25) is 0 Å². The molecule has 0 spiro atoms. The van der Waals surface area contributed by atoms with Gasteiger partial charge in [-0.15, -0.1) is 0 Å². The Morgan fingerprint density at radius 3 is 2.47 bits per heavy atom. The van der Waals surface area contributed by atoms with Crippen molar-refractivity contribution in [2.45, 2.75) is 31.2 Å². The van der Waals surface area contributed by atoms with Crippen LogP contribution < -0.4 is 11.1 Å². The smallest absolute Gasteiger partial charge is 0.310 e. The van der Waals surface area contributed by atoms with Crippen molar-refractivity contribution in [2.75, 3.05) is 6.54 Å². The van der Waals surface area contributed by atoms with E-state index in [1.807, 2.05) is 0 Å². The Labute approximate surface area is 168 Å². The van der Waals surface area contributed by atoms with Crippen molar-refractivity contribution in [1.82, 2.24) is 20.3 Å². The topological polar surface area (TPSA) is 96.7 Å². The van der Waals surface area contributed by atoms with E-state index in [1.54, 1.807) is 20.8 Å². The first-order chi connectivity index (χ1) is 13.4. The molecule has 0 aliphatic carbocycles. The van der Waals surface area contributed by atoms with Gasteiger partial charge in [-0.1, -0.05) is 25.5 Å². The summed E-state index contributed by atoms with van der Waals surface area (Å²) in [5, 5.41) is 2.93. The molecule has 164 valence electrons. The van der Waals surface area contributed by atoms with Gasteiger partial charge in [-0.05, 0) is 38.5 Å². The standard InChI is InChI=1S/C18H20F5N5OS/c1-10-12-5-4-11(30(19,20,21,22)23)6-13(12)28-16(10)14-7-25-8-15(27-14)17(29)26-9-18(2,3)24/h4-8,28H,9,24H2,1-3H3,(H,26,29). The molecule has 1 aromatic carbocycles. The lowest BCUT2D eigenvalue weighted by Gasteiger charge is -2.40. The Morgan fingerprint density at radius 2 is 1.87 bits per heavy atom. The van der Waals surface area contributed by atoms with Crippen LogP contribution in [0.3, 0.4) is 0 Å². The van der Waals surface area contributed by atoms with Gasteiger partial charge >= 0.3 is 10.2 Å². The maximum Gasteiger partial charge on any atom is 0.310 e. The van der Waals surface area contributed by atoms with E-state index in [-0.39, 0.29) is 29.1 Å². The second-order valence-corrected chi connectivity index (χ2v) is 10.2.